The molecule has 1 aliphatic rings. The van der Waals surface area contributed by atoms with Crippen molar-refractivity contribution in [3.05, 3.63) is 66.0 Å². The Kier molecular flexibility index (Phi) is 3.11. The van der Waals surface area contributed by atoms with Gasteiger partial charge in [0.1, 0.15) is 0 Å². The molecule has 1 N–H and O–H groups in total. The summed E-state index contributed by atoms with van der Waals surface area (Å²) in [5, 5.41) is 2.86. The van der Waals surface area contributed by atoms with Gasteiger partial charge in [0.2, 0.25) is 5.91 Å². The second kappa shape index (κ2) is 5.06. The van der Waals surface area contributed by atoms with E-state index in [1.54, 1.807) is 18.5 Å². The Morgan fingerprint density at radius 3 is 2.95 bits per heavy atom. The number of hydrogen-bond donors (Lipinski definition) is 1. The van der Waals surface area contributed by atoms with Gasteiger partial charge in [0, 0.05) is 18.5 Å². The number of hydrogen-bond acceptors (Lipinski definition) is 2. The van der Waals surface area contributed by atoms with E-state index in [4.69, 9.17) is 0 Å². The van der Waals surface area contributed by atoms with Crippen LogP contribution in [0.25, 0.3) is 6.08 Å². The number of aromatic nitrogens is 1. The second-order valence-corrected chi connectivity index (χ2v) is 4.59. The van der Waals surface area contributed by atoms with Gasteiger partial charge in [0.05, 0.1) is 11.9 Å². The highest BCUT2D eigenvalue weighted by molar-refractivity contribution is 5.91. The standard InChI is InChI=1S/C16H14N2O/c19-16(18-14-5-3-9-17-11-14)10-13-8-7-12-4-1-2-6-15(12)13/h1-9,11,13H,10H2,(H,18,19). The number of pyridine rings is 1. The van der Waals surface area contributed by atoms with Crippen molar-refractivity contribution in [2.24, 2.45) is 0 Å². The Hall–Kier alpha value is -2.42. The molecular weight excluding hydrogens is 236 g/mol. The summed E-state index contributed by atoms with van der Waals surface area (Å²) in [6, 6.07) is 11.8. The van der Waals surface area contributed by atoms with Crippen LogP contribution in [0.15, 0.2) is 54.9 Å². The number of nitrogens with zero attached hydrogens (tertiary/aromatic N) is 1. The Morgan fingerprint density at radius 1 is 1.21 bits per heavy atom. The zero-order chi connectivity index (χ0) is 13.1. The van der Waals surface area contributed by atoms with Gasteiger partial charge in [0.15, 0.2) is 0 Å². The van der Waals surface area contributed by atoms with Crippen LogP contribution in [0.3, 0.4) is 0 Å². The third-order valence-electron chi connectivity index (χ3n) is 3.25. The minimum Gasteiger partial charge on any atom is -0.325 e. The maximum absolute atomic E-state index is 12.0. The highest BCUT2D eigenvalue weighted by atomic mass is 16.1. The van der Waals surface area contributed by atoms with Gasteiger partial charge < -0.3 is 5.32 Å². The van der Waals surface area contributed by atoms with Gasteiger partial charge in [0.25, 0.3) is 0 Å². The van der Waals surface area contributed by atoms with Crippen LogP contribution >= 0.6 is 0 Å². The van der Waals surface area contributed by atoms with Crippen LogP contribution in [0.2, 0.25) is 0 Å². The van der Waals surface area contributed by atoms with Gasteiger partial charge in [-0.05, 0) is 23.3 Å². The van der Waals surface area contributed by atoms with E-state index in [1.165, 1.54) is 11.1 Å². The van der Waals surface area contributed by atoms with Gasteiger partial charge in [-0.15, -0.1) is 0 Å². The SMILES string of the molecule is O=C(CC1C=Cc2ccccc21)Nc1cccnc1. The Labute approximate surface area is 112 Å². The zero-order valence-electron chi connectivity index (χ0n) is 10.4. The van der Waals surface area contributed by atoms with Crippen molar-refractivity contribution in [3.8, 4) is 0 Å². The fourth-order valence-electron chi connectivity index (χ4n) is 2.35. The minimum absolute atomic E-state index is 0.0133. The largest absolute Gasteiger partial charge is 0.325 e. The normalized spacial score (nSPS) is 16.1. The van der Waals surface area contributed by atoms with E-state index in [1.807, 2.05) is 18.2 Å². The van der Waals surface area contributed by atoms with Crippen molar-refractivity contribution in [1.29, 1.82) is 0 Å². The lowest BCUT2D eigenvalue weighted by Crippen LogP contribution is -2.14. The Bertz CT molecular complexity index is 620. The molecule has 3 rings (SSSR count). The summed E-state index contributed by atoms with van der Waals surface area (Å²) < 4.78 is 0. The quantitative estimate of drug-likeness (QED) is 0.908. The molecule has 1 unspecified atom stereocenters. The summed E-state index contributed by atoms with van der Waals surface area (Å²) in [6.07, 6.45) is 7.97. The second-order valence-electron chi connectivity index (χ2n) is 4.59. The summed E-state index contributed by atoms with van der Waals surface area (Å²) in [7, 11) is 0. The fraction of sp³-hybridized carbons (Fsp3) is 0.125. The summed E-state index contributed by atoms with van der Waals surface area (Å²) in [4.78, 5) is 16.0. The number of nitrogens with one attached hydrogen (secondary N) is 1. The van der Waals surface area contributed by atoms with Gasteiger partial charge in [-0.25, -0.2) is 0 Å². The van der Waals surface area contributed by atoms with Gasteiger partial charge in [-0.3, -0.25) is 9.78 Å². The molecule has 0 saturated carbocycles. The minimum atomic E-state index is 0.0133. The van der Waals surface area contributed by atoms with Crippen molar-refractivity contribution in [2.75, 3.05) is 5.32 Å². The van der Waals surface area contributed by atoms with Crippen LogP contribution in [0.1, 0.15) is 23.5 Å². The molecule has 3 nitrogen and oxygen atoms in total. The van der Waals surface area contributed by atoms with E-state index >= 15 is 0 Å². The van der Waals surface area contributed by atoms with Gasteiger partial charge >= 0.3 is 0 Å². The highest BCUT2D eigenvalue weighted by Crippen LogP contribution is 2.32. The smallest absolute Gasteiger partial charge is 0.225 e. The lowest BCUT2D eigenvalue weighted by atomic mass is 9.97. The highest BCUT2D eigenvalue weighted by Gasteiger charge is 2.19. The monoisotopic (exact) mass is 250 g/mol. The van der Waals surface area contributed by atoms with Crippen molar-refractivity contribution < 1.29 is 4.79 Å². The molecular formula is C16H14N2O. The number of carbonyl (C=O) groups is 1. The van der Waals surface area contributed by atoms with Crippen molar-refractivity contribution >= 4 is 17.7 Å². The van der Waals surface area contributed by atoms with Crippen molar-refractivity contribution in [3.63, 3.8) is 0 Å². The molecule has 19 heavy (non-hydrogen) atoms. The van der Waals surface area contributed by atoms with Crippen LogP contribution in [0, 0.1) is 0 Å². The van der Waals surface area contributed by atoms with Crippen LogP contribution in [-0.4, -0.2) is 10.9 Å². The molecule has 0 fully saturated rings. The van der Waals surface area contributed by atoms with Crippen LogP contribution in [0.4, 0.5) is 5.69 Å². The summed E-state index contributed by atoms with van der Waals surface area (Å²) in [5.41, 5.74) is 3.17. The Balaban J connectivity index is 1.67. The molecule has 0 aliphatic heterocycles. The average Bonchev–Trinajstić information content (AvgIpc) is 2.83. The van der Waals surface area contributed by atoms with Crippen LogP contribution < -0.4 is 5.32 Å². The molecule has 1 atom stereocenters. The molecule has 2 aromatic rings. The number of benzene rings is 1. The number of carbonyl (C=O) groups excluding carboxylic acids is 1. The maximum atomic E-state index is 12.0. The van der Waals surface area contributed by atoms with E-state index in [0.717, 1.165) is 5.69 Å². The van der Waals surface area contributed by atoms with Crippen molar-refractivity contribution in [2.45, 2.75) is 12.3 Å². The van der Waals surface area contributed by atoms with E-state index in [-0.39, 0.29) is 11.8 Å². The average molecular weight is 250 g/mol. The molecule has 3 heteroatoms. The predicted molar refractivity (Wildman–Crippen MR) is 75.7 cm³/mol. The van der Waals surface area contributed by atoms with Crippen LogP contribution in [0.5, 0.6) is 0 Å². The van der Waals surface area contributed by atoms with E-state index in [0.29, 0.717) is 6.42 Å². The molecule has 0 spiro atoms. The number of anilines is 1. The van der Waals surface area contributed by atoms with Crippen LogP contribution in [-0.2, 0) is 4.79 Å². The molecule has 1 aromatic carbocycles. The number of allylic oxidation sites excluding steroid dienone is 1. The van der Waals surface area contributed by atoms with E-state index in [9.17, 15) is 4.79 Å². The molecule has 1 heterocycles. The summed E-state index contributed by atoms with van der Waals surface area (Å²) in [5.74, 6) is 0.187. The van der Waals surface area contributed by atoms with Gasteiger partial charge in [-0.1, -0.05) is 36.4 Å². The Morgan fingerprint density at radius 2 is 2.11 bits per heavy atom. The number of rotatable bonds is 3. The predicted octanol–water partition coefficient (Wildman–Crippen LogP) is 3.22. The molecule has 1 aromatic heterocycles. The number of fused-ring (bicyclic) bond motifs is 1. The first-order chi connectivity index (χ1) is 9.33. The molecule has 1 aliphatic carbocycles. The molecule has 1 amide bonds. The van der Waals surface area contributed by atoms with E-state index < -0.39 is 0 Å². The third-order valence-corrected chi connectivity index (χ3v) is 3.25. The first-order valence-corrected chi connectivity index (χ1v) is 6.30. The van der Waals surface area contributed by atoms with Crippen molar-refractivity contribution in [1.82, 2.24) is 4.98 Å². The lowest BCUT2D eigenvalue weighted by Gasteiger charge is -2.11. The zero-order valence-corrected chi connectivity index (χ0v) is 10.4. The fourth-order valence-corrected chi connectivity index (χ4v) is 2.35. The molecule has 0 saturated heterocycles. The maximum Gasteiger partial charge on any atom is 0.225 e. The number of amides is 1. The molecule has 94 valence electrons. The topological polar surface area (TPSA) is 42.0 Å². The first-order valence-electron chi connectivity index (χ1n) is 6.30. The molecule has 0 radical (unpaired) electrons. The first kappa shape index (κ1) is 11.7. The lowest BCUT2D eigenvalue weighted by molar-refractivity contribution is -0.116. The third kappa shape index (κ3) is 2.55. The summed E-state index contributed by atoms with van der Waals surface area (Å²) >= 11 is 0. The summed E-state index contributed by atoms with van der Waals surface area (Å²) in [6.45, 7) is 0. The van der Waals surface area contributed by atoms with Gasteiger partial charge in [-0.2, -0.15) is 0 Å². The van der Waals surface area contributed by atoms with E-state index in [2.05, 4.69) is 34.6 Å². The molecule has 0 bridgehead atoms.